The van der Waals surface area contributed by atoms with Gasteiger partial charge in [0.25, 0.3) is 0 Å². The van der Waals surface area contributed by atoms with Crippen LogP contribution < -0.4 is 5.73 Å². The first-order valence-corrected chi connectivity index (χ1v) is 6.53. The van der Waals surface area contributed by atoms with Crippen LogP contribution in [0.5, 0.6) is 0 Å². The quantitative estimate of drug-likeness (QED) is 0.659. The molecule has 20 heavy (non-hydrogen) atoms. The van der Waals surface area contributed by atoms with Crippen molar-refractivity contribution in [1.29, 1.82) is 5.41 Å². The molecule has 4 nitrogen and oxygen atoms in total. The highest BCUT2D eigenvalue weighted by Gasteiger charge is 2.05. The number of amidine groups is 1. The van der Waals surface area contributed by atoms with E-state index in [-0.39, 0.29) is 0 Å². The van der Waals surface area contributed by atoms with Crippen molar-refractivity contribution in [3.05, 3.63) is 53.2 Å². The van der Waals surface area contributed by atoms with Crippen LogP contribution in [0.15, 0.2) is 41.5 Å². The molecule has 0 aliphatic heterocycles. The third kappa shape index (κ3) is 3.09. The van der Waals surface area contributed by atoms with E-state index in [1.807, 2.05) is 31.3 Å². The zero-order valence-corrected chi connectivity index (χ0v) is 11.7. The topological polar surface area (TPSA) is 75.1 Å². The van der Waals surface area contributed by atoms with Crippen LogP contribution in [-0.4, -0.2) is 17.2 Å². The zero-order valence-electron chi connectivity index (χ0n) is 11.7. The van der Waals surface area contributed by atoms with Gasteiger partial charge in [-0.15, -0.1) is 0 Å². The third-order valence-electron chi connectivity index (χ3n) is 3.11. The summed E-state index contributed by atoms with van der Waals surface area (Å²) in [6, 6.07) is 10.1. The summed E-state index contributed by atoms with van der Waals surface area (Å²) in [5.74, 6) is 0.343. The fourth-order valence-corrected chi connectivity index (χ4v) is 2.03. The molecule has 0 aliphatic carbocycles. The van der Waals surface area contributed by atoms with E-state index in [9.17, 15) is 0 Å². The number of nitrogens with two attached hydrogens (primary N) is 1. The summed E-state index contributed by atoms with van der Waals surface area (Å²) >= 11 is 0. The molecule has 1 aromatic carbocycles. The molecule has 0 atom stereocenters. The van der Waals surface area contributed by atoms with Crippen LogP contribution in [0, 0.1) is 12.3 Å². The SMILES string of the molecule is CCc1ccc(-c2cc(C)cc(C(N)=NC=N)c2)nc1. The molecule has 0 bridgehead atoms. The van der Waals surface area contributed by atoms with Gasteiger partial charge < -0.3 is 5.73 Å². The van der Waals surface area contributed by atoms with Gasteiger partial charge in [-0.1, -0.05) is 13.0 Å². The standard InChI is InChI=1S/C16H18N4/c1-3-12-4-5-15(19-9-12)13-6-11(2)7-14(8-13)16(18)20-10-17/h4-10H,3H2,1-2H3,(H3,17,18,20). The summed E-state index contributed by atoms with van der Waals surface area (Å²) in [4.78, 5) is 8.30. The van der Waals surface area contributed by atoms with Crippen molar-refractivity contribution >= 4 is 12.2 Å². The lowest BCUT2D eigenvalue weighted by atomic mass is 10.0. The lowest BCUT2D eigenvalue weighted by Gasteiger charge is -2.07. The second-order valence-electron chi connectivity index (χ2n) is 4.64. The van der Waals surface area contributed by atoms with Crippen molar-refractivity contribution in [1.82, 2.24) is 4.98 Å². The molecule has 2 rings (SSSR count). The highest BCUT2D eigenvalue weighted by atomic mass is 14.9. The van der Waals surface area contributed by atoms with E-state index in [0.717, 1.165) is 35.1 Å². The van der Waals surface area contributed by atoms with Crippen LogP contribution in [0.3, 0.4) is 0 Å². The molecule has 0 saturated carbocycles. The Morgan fingerprint density at radius 1 is 1.35 bits per heavy atom. The molecular formula is C16H18N4. The number of aromatic nitrogens is 1. The van der Waals surface area contributed by atoms with Crippen LogP contribution >= 0.6 is 0 Å². The van der Waals surface area contributed by atoms with E-state index in [1.54, 1.807) is 0 Å². The molecule has 0 radical (unpaired) electrons. The van der Waals surface area contributed by atoms with Crippen LogP contribution in [0.25, 0.3) is 11.3 Å². The normalized spacial score (nSPS) is 11.4. The lowest BCUT2D eigenvalue weighted by molar-refractivity contribution is 1.10. The van der Waals surface area contributed by atoms with Gasteiger partial charge in [-0.25, -0.2) is 4.99 Å². The van der Waals surface area contributed by atoms with Crippen molar-refractivity contribution in [3.8, 4) is 11.3 Å². The van der Waals surface area contributed by atoms with Crippen molar-refractivity contribution in [3.63, 3.8) is 0 Å². The lowest BCUT2D eigenvalue weighted by Crippen LogP contribution is -2.13. The second kappa shape index (κ2) is 6.10. The van der Waals surface area contributed by atoms with Crippen LogP contribution in [0.2, 0.25) is 0 Å². The van der Waals surface area contributed by atoms with E-state index in [0.29, 0.717) is 5.84 Å². The van der Waals surface area contributed by atoms with Crippen molar-refractivity contribution < 1.29 is 0 Å². The van der Waals surface area contributed by atoms with Gasteiger partial charge in [0.05, 0.1) is 5.69 Å². The molecule has 1 aromatic heterocycles. The molecule has 4 heteroatoms. The molecule has 0 fully saturated rings. The van der Waals surface area contributed by atoms with Crippen LogP contribution in [0.1, 0.15) is 23.6 Å². The van der Waals surface area contributed by atoms with Gasteiger partial charge in [0.15, 0.2) is 0 Å². The summed E-state index contributed by atoms with van der Waals surface area (Å²) in [5.41, 5.74) is 10.9. The summed E-state index contributed by atoms with van der Waals surface area (Å²) in [5, 5.41) is 6.99. The third-order valence-corrected chi connectivity index (χ3v) is 3.11. The van der Waals surface area contributed by atoms with Crippen molar-refractivity contribution in [2.75, 3.05) is 0 Å². The number of nitrogens with one attached hydrogen (secondary N) is 1. The first kappa shape index (κ1) is 13.9. The number of aliphatic imine (C=N–C) groups is 1. The Kier molecular flexibility index (Phi) is 4.25. The molecule has 3 N–H and O–H groups in total. The summed E-state index contributed by atoms with van der Waals surface area (Å²) < 4.78 is 0. The average molecular weight is 266 g/mol. The Morgan fingerprint density at radius 3 is 2.75 bits per heavy atom. The summed E-state index contributed by atoms with van der Waals surface area (Å²) in [6.07, 6.45) is 3.82. The minimum absolute atomic E-state index is 0.343. The molecule has 1 heterocycles. The Morgan fingerprint density at radius 2 is 2.15 bits per heavy atom. The first-order valence-electron chi connectivity index (χ1n) is 6.53. The first-order chi connectivity index (χ1) is 9.63. The fraction of sp³-hybridized carbons (Fsp3) is 0.188. The monoisotopic (exact) mass is 266 g/mol. The van der Waals surface area contributed by atoms with Crippen LogP contribution in [-0.2, 0) is 6.42 Å². The molecule has 102 valence electrons. The Bertz CT molecular complexity index is 642. The molecule has 0 saturated heterocycles. The van der Waals surface area contributed by atoms with Crippen molar-refractivity contribution in [2.45, 2.75) is 20.3 Å². The van der Waals surface area contributed by atoms with Gasteiger partial charge in [0.1, 0.15) is 12.2 Å². The van der Waals surface area contributed by atoms with Gasteiger partial charge in [-0.2, -0.15) is 0 Å². The number of aryl methyl sites for hydroxylation is 2. The summed E-state index contributed by atoms with van der Waals surface area (Å²) in [7, 11) is 0. The maximum atomic E-state index is 6.99. The highest BCUT2D eigenvalue weighted by Crippen LogP contribution is 2.21. The second-order valence-corrected chi connectivity index (χ2v) is 4.64. The maximum Gasteiger partial charge on any atom is 0.132 e. The van der Waals surface area contributed by atoms with Crippen LogP contribution in [0.4, 0.5) is 0 Å². The molecule has 0 unspecified atom stereocenters. The number of pyridine rings is 1. The van der Waals surface area contributed by atoms with Crippen molar-refractivity contribution in [2.24, 2.45) is 10.7 Å². The maximum absolute atomic E-state index is 6.99. The largest absolute Gasteiger partial charge is 0.383 e. The highest BCUT2D eigenvalue weighted by molar-refractivity contribution is 6.01. The number of benzene rings is 1. The number of nitrogens with zero attached hydrogens (tertiary/aromatic N) is 2. The molecule has 0 spiro atoms. The summed E-state index contributed by atoms with van der Waals surface area (Å²) in [6.45, 7) is 4.11. The fourth-order valence-electron chi connectivity index (χ4n) is 2.03. The predicted octanol–water partition coefficient (Wildman–Crippen LogP) is 2.93. The number of hydrogen-bond acceptors (Lipinski definition) is 2. The average Bonchev–Trinajstić information content (AvgIpc) is 2.47. The van der Waals surface area contributed by atoms with Gasteiger partial charge in [-0.05, 0) is 48.7 Å². The van der Waals surface area contributed by atoms with E-state index in [4.69, 9.17) is 11.1 Å². The molecular weight excluding hydrogens is 248 g/mol. The number of hydrogen-bond donors (Lipinski definition) is 2. The molecule has 0 amide bonds. The Hall–Kier alpha value is -2.49. The predicted molar refractivity (Wildman–Crippen MR) is 83.3 cm³/mol. The molecule has 2 aromatic rings. The van der Waals surface area contributed by atoms with E-state index < -0.39 is 0 Å². The van der Waals surface area contributed by atoms with Gasteiger partial charge >= 0.3 is 0 Å². The van der Waals surface area contributed by atoms with E-state index >= 15 is 0 Å². The zero-order chi connectivity index (χ0) is 14.5. The minimum Gasteiger partial charge on any atom is -0.383 e. The van der Waals surface area contributed by atoms with Gasteiger partial charge in [0, 0.05) is 17.3 Å². The number of rotatable bonds is 4. The Balaban J connectivity index is 2.45. The van der Waals surface area contributed by atoms with Gasteiger partial charge in [-0.3, -0.25) is 10.4 Å². The van der Waals surface area contributed by atoms with Gasteiger partial charge in [0.2, 0.25) is 0 Å². The van der Waals surface area contributed by atoms with E-state index in [2.05, 4.69) is 29.0 Å². The minimum atomic E-state index is 0.343. The van der Waals surface area contributed by atoms with E-state index in [1.165, 1.54) is 5.56 Å². The smallest absolute Gasteiger partial charge is 0.132 e. The Labute approximate surface area is 118 Å². The molecule has 0 aliphatic rings.